The fraction of sp³-hybridized carbons (Fsp3) is 0.733. The van der Waals surface area contributed by atoms with Gasteiger partial charge < -0.3 is 10.6 Å². The zero-order chi connectivity index (χ0) is 13.8. The number of carbonyl (C=O) groups excluding carboxylic acids is 1. The van der Waals surface area contributed by atoms with E-state index in [0.717, 1.165) is 24.5 Å². The Morgan fingerprint density at radius 1 is 1.20 bits per heavy atom. The lowest BCUT2D eigenvalue weighted by atomic mass is 9.87. The second kappa shape index (κ2) is 6.68. The van der Waals surface area contributed by atoms with Crippen molar-refractivity contribution in [3.8, 4) is 0 Å². The van der Waals surface area contributed by atoms with Gasteiger partial charge in [0.05, 0.1) is 11.7 Å². The van der Waals surface area contributed by atoms with E-state index >= 15 is 0 Å². The molecule has 1 aliphatic heterocycles. The fourth-order valence-corrected chi connectivity index (χ4v) is 3.99. The van der Waals surface area contributed by atoms with E-state index in [9.17, 15) is 4.79 Å². The van der Waals surface area contributed by atoms with E-state index in [4.69, 9.17) is 0 Å². The number of rotatable bonds is 3. The van der Waals surface area contributed by atoms with Crippen LogP contribution in [0.1, 0.15) is 63.0 Å². The van der Waals surface area contributed by atoms with E-state index in [1.54, 1.807) is 11.3 Å². The van der Waals surface area contributed by atoms with E-state index in [1.165, 1.54) is 44.2 Å². The van der Waals surface area contributed by atoms with Gasteiger partial charge in [-0.05, 0) is 32.2 Å². The Hall–Kier alpha value is -0.940. The van der Waals surface area contributed by atoms with Crippen LogP contribution in [-0.4, -0.2) is 23.5 Å². The van der Waals surface area contributed by atoms with Gasteiger partial charge in [0.25, 0.3) is 0 Å². The molecule has 1 saturated carbocycles. The SMILES string of the molecule is O=C(Nc1nc(C2CCCCC2)cs1)C1CCCCN1. The van der Waals surface area contributed by atoms with Gasteiger partial charge in [0.1, 0.15) is 0 Å². The molecule has 0 bridgehead atoms. The first-order valence-electron chi connectivity index (χ1n) is 7.82. The molecule has 1 aromatic heterocycles. The second-order valence-corrected chi connectivity index (χ2v) is 6.76. The molecule has 1 aliphatic carbocycles. The summed E-state index contributed by atoms with van der Waals surface area (Å²) < 4.78 is 0. The first-order valence-corrected chi connectivity index (χ1v) is 8.70. The lowest BCUT2D eigenvalue weighted by Crippen LogP contribution is -2.43. The number of nitrogens with one attached hydrogen (secondary N) is 2. The highest BCUT2D eigenvalue weighted by Gasteiger charge is 2.22. The number of carbonyl (C=O) groups is 1. The summed E-state index contributed by atoms with van der Waals surface area (Å²) >= 11 is 1.56. The van der Waals surface area contributed by atoms with Crippen LogP contribution >= 0.6 is 11.3 Å². The summed E-state index contributed by atoms with van der Waals surface area (Å²) in [5, 5.41) is 9.14. The standard InChI is InChI=1S/C15H23N3OS/c19-14(12-8-4-5-9-16-12)18-15-17-13(10-20-15)11-6-2-1-3-7-11/h10-12,16H,1-9H2,(H,17,18,19). The summed E-state index contributed by atoms with van der Waals surface area (Å²) in [5.41, 5.74) is 1.18. The van der Waals surface area contributed by atoms with Crippen LogP contribution in [0.5, 0.6) is 0 Å². The molecule has 1 atom stereocenters. The van der Waals surface area contributed by atoms with Crippen molar-refractivity contribution < 1.29 is 4.79 Å². The van der Waals surface area contributed by atoms with Crippen LogP contribution < -0.4 is 10.6 Å². The molecule has 2 heterocycles. The molecule has 2 N–H and O–H groups in total. The van der Waals surface area contributed by atoms with E-state index in [0.29, 0.717) is 5.92 Å². The predicted octanol–water partition coefficient (Wildman–Crippen LogP) is 3.27. The maximum atomic E-state index is 12.1. The summed E-state index contributed by atoms with van der Waals surface area (Å²) in [5.74, 6) is 0.688. The molecule has 20 heavy (non-hydrogen) atoms. The highest BCUT2D eigenvalue weighted by Crippen LogP contribution is 2.34. The molecule has 110 valence electrons. The highest BCUT2D eigenvalue weighted by molar-refractivity contribution is 7.13. The normalized spacial score (nSPS) is 24.5. The highest BCUT2D eigenvalue weighted by atomic mass is 32.1. The Morgan fingerprint density at radius 3 is 2.75 bits per heavy atom. The number of thiazole rings is 1. The summed E-state index contributed by atoms with van der Waals surface area (Å²) in [6.07, 6.45) is 9.74. The molecule has 0 radical (unpaired) electrons. The molecule has 1 aromatic rings. The van der Waals surface area contributed by atoms with E-state index < -0.39 is 0 Å². The molecule has 5 heteroatoms. The Labute approximate surface area is 124 Å². The van der Waals surface area contributed by atoms with Gasteiger partial charge in [0, 0.05) is 11.3 Å². The largest absolute Gasteiger partial charge is 0.306 e. The molecule has 0 spiro atoms. The topological polar surface area (TPSA) is 54.0 Å². The van der Waals surface area contributed by atoms with Crippen molar-refractivity contribution in [2.45, 2.75) is 63.3 Å². The third kappa shape index (κ3) is 3.38. The van der Waals surface area contributed by atoms with Crippen molar-refractivity contribution in [1.29, 1.82) is 0 Å². The maximum Gasteiger partial charge on any atom is 0.243 e. The lowest BCUT2D eigenvalue weighted by molar-refractivity contribution is -0.118. The number of piperidine rings is 1. The van der Waals surface area contributed by atoms with Gasteiger partial charge in [0.15, 0.2) is 5.13 Å². The Kier molecular flexibility index (Phi) is 4.68. The average Bonchev–Trinajstić information content (AvgIpc) is 2.97. The van der Waals surface area contributed by atoms with Gasteiger partial charge >= 0.3 is 0 Å². The van der Waals surface area contributed by atoms with Gasteiger partial charge in [0.2, 0.25) is 5.91 Å². The lowest BCUT2D eigenvalue weighted by Gasteiger charge is -2.22. The van der Waals surface area contributed by atoms with Gasteiger partial charge in [-0.25, -0.2) is 4.98 Å². The minimum Gasteiger partial charge on any atom is -0.306 e. The number of hydrogen-bond donors (Lipinski definition) is 2. The van der Waals surface area contributed by atoms with Gasteiger partial charge in [-0.15, -0.1) is 11.3 Å². The number of nitrogens with zero attached hydrogens (tertiary/aromatic N) is 1. The van der Waals surface area contributed by atoms with Crippen LogP contribution in [0, 0.1) is 0 Å². The minimum atomic E-state index is -0.0363. The predicted molar refractivity (Wildman–Crippen MR) is 82.2 cm³/mol. The molecule has 4 nitrogen and oxygen atoms in total. The molecule has 3 rings (SSSR count). The molecular weight excluding hydrogens is 270 g/mol. The summed E-state index contributed by atoms with van der Waals surface area (Å²) in [6.45, 7) is 0.948. The molecule has 2 fully saturated rings. The summed E-state index contributed by atoms with van der Waals surface area (Å²) in [6, 6.07) is -0.0363. The number of hydrogen-bond acceptors (Lipinski definition) is 4. The van der Waals surface area contributed by atoms with Crippen molar-refractivity contribution in [1.82, 2.24) is 10.3 Å². The second-order valence-electron chi connectivity index (χ2n) is 5.90. The van der Waals surface area contributed by atoms with Crippen molar-refractivity contribution >= 4 is 22.4 Å². The third-order valence-electron chi connectivity index (χ3n) is 4.40. The quantitative estimate of drug-likeness (QED) is 0.899. The first kappa shape index (κ1) is 14.0. The van der Waals surface area contributed by atoms with Crippen LogP contribution in [0.2, 0.25) is 0 Å². The van der Waals surface area contributed by atoms with Crippen LogP contribution in [-0.2, 0) is 4.79 Å². The Morgan fingerprint density at radius 2 is 2.00 bits per heavy atom. The molecule has 1 saturated heterocycles. The molecule has 1 unspecified atom stereocenters. The molecule has 0 aromatic carbocycles. The smallest absolute Gasteiger partial charge is 0.243 e. The maximum absolute atomic E-state index is 12.1. The van der Waals surface area contributed by atoms with Crippen LogP contribution in [0.25, 0.3) is 0 Å². The van der Waals surface area contributed by atoms with Crippen LogP contribution in [0.15, 0.2) is 5.38 Å². The molecular formula is C15H23N3OS. The van der Waals surface area contributed by atoms with Crippen molar-refractivity contribution in [2.24, 2.45) is 0 Å². The van der Waals surface area contributed by atoms with Crippen molar-refractivity contribution in [3.05, 3.63) is 11.1 Å². The first-order chi connectivity index (χ1) is 9.83. The summed E-state index contributed by atoms with van der Waals surface area (Å²) in [7, 11) is 0. The number of anilines is 1. The van der Waals surface area contributed by atoms with E-state index in [-0.39, 0.29) is 11.9 Å². The zero-order valence-electron chi connectivity index (χ0n) is 11.9. The summed E-state index contributed by atoms with van der Waals surface area (Å²) in [4.78, 5) is 16.8. The van der Waals surface area contributed by atoms with Crippen molar-refractivity contribution in [3.63, 3.8) is 0 Å². The molecule has 1 amide bonds. The van der Waals surface area contributed by atoms with E-state index in [1.807, 2.05) is 0 Å². The van der Waals surface area contributed by atoms with Gasteiger partial charge in [-0.1, -0.05) is 25.7 Å². The monoisotopic (exact) mass is 293 g/mol. The van der Waals surface area contributed by atoms with Crippen LogP contribution in [0.4, 0.5) is 5.13 Å². The van der Waals surface area contributed by atoms with Gasteiger partial charge in [-0.2, -0.15) is 0 Å². The van der Waals surface area contributed by atoms with Gasteiger partial charge in [-0.3, -0.25) is 4.79 Å². The van der Waals surface area contributed by atoms with Crippen molar-refractivity contribution in [2.75, 3.05) is 11.9 Å². The average molecular weight is 293 g/mol. The Balaban J connectivity index is 1.57. The third-order valence-corrected chi connectivity index (χ3v) is 5.18. The zero-order valence-corrected chi connectivity index (χ0v) is 12.7. The van der Waals surface area contributed by atoms with Crippen LogP contribution in [0.3, 0.4) is 0 Å². The Bertz CT molecular complexity index is 448. The number of aromatic nitrogens is 1. The van der Waals surface area contributed by atoms with E-state index in [2.05, 4.69) is 21.0 Å². The molecule has 2 aliphatic rings. The minimum absolute atomic E-state index is 0.0363. The number of amides is 1. The fourth-order valence-electron chi connectivity index (χ4n) is 3.20.